The van der Waals surface area contributed by atoms with Crippen molar-refractivity contribution in [1.82, 2.24) is 9.78 Å². The van der Waals surface area contributed by atoms with Gasteiger partial charge in [0.25, 0.3) is 0 Å². The largest absolute Gasteiger partial charge is 0.501 e. The Morgan fingerprint density at radius 3 is 2.41 bits per heavy atom. The molecule has 0 bridgehead atoms. The highest BCUT2D eigenvalue weighted by molar-refractivity contribution is 5.90. The van der Waals surface area contributed by atoms with E-state index in [0.29, 0.717) is 47.4 Å². The summed E-state index contributed by atoms with van der Waals surface area (Å²) in [6.45, 7) is 22.7. The molecule has 0 spiro atoms. The van der Waals surface area contributed by atoms with Gasteiger partial charge in [-0.2, -0.15) is 5.10 Å². The molecule has 0 N–H and O–H groups in total. The van der Waals surface area contributed by atoms with Crippen LogP contribution in [0.25, 0.3) is 6.20 Å². The van der Waals surface area contributed by atoms with E-state index in [2.05, 4.69) is 59.0 Å². The van der Waals surface area contributed by atoms with Crippen LogP contribution in [0.1, 0.15) is 103 Å². The number of nitrogens with zero attached hydrogens (tertiary/aromatic N) is 2. The third-order valence-electron chi connectivity index (χ3n) is 7.38. The standard InChI is InChI=1S/C33H51FN2O3/c1-11-23(5)20-28(32(38-10)25(7)12-2)26(8)17-15-16-24(6)18-19-27(9)30(34)22-36-31(13-3)29(21-35-36)33(37)39-14-4/h11,20-22,24-26H,1,9,12-19H2,2-8,10H3/b23-20-,30-22+,32-28-/t24-,25?,26?/m0/s1. The van der Waals surface area contributed by atoms with Crippen molar-refractivity contribution < 1.29 is 18.7 Å². The van der Waals surface area contributed by atoms with E-state index in [1.54, 1.807) is 14.0 Å². The molecule has 218 valence electrons. The molecule has 0 aliphatic carbocycles. The van der Waals surface area contributed by atoms with Gasteiger partial charge in [0.15, 0.2) is 0 Å². The first-order valence-electron chi connectivity index (χ1n) is 14.4. The maximum Gasteiger partial charge on any atom is 0.341 e. The van der Waals surface area contributed by atoms with E-state index in [1.165, 1.54) is 22.7 Å². The van der Waals surface area contributed by atoms with Crippen molar-refractivity contribution in [2.24, 2.45) is 17.8 Å². The number of allylic oxidation sites excluding steroid dienone is 7. The van der Waals surface area contributed by atoms with Crippen LogP contribution in [-0.2, 0) is 15.9 Å². The normalized spacial score (nSPS) is 15.3. The van der Waals surface area contributed by atoms with Gasteiger partial charge in [-0.3, -0.25) is 0 Å². The van der Waals surface area contributed by atoms with E-state index in [9.17, 15) is 9.18 Å². The molecule has 1 heterocycles. The fourth-order valence-corrected chi connectivity index (χ4v) is 4.59. The fourth-order valence-electron chi connectivity index (χ4n) is 4.59. The molecule has 0 amide bonds. The number of hydrogen-bond acceptors (Lipinski definition) is 4. The van der Waals surface area contributed by atoms with Crippen LogP contribution in [0.15, 0.2) is 59.8 Å². The van der Waals surface area contributed by atoms with Gasteiger partial charge in [-0.15, -0.1) is 0 Å². The molecule has 3 atom stereocenters. The average molecular weight is 543 g/mol. The second kappa shape index (κ2) is 17.6. The number of carbonyl (C=O) groups is 1. The van der Waals surface area contributed by atoms with Crippen LogP contribution in [0, 0.1) is 17.8 Å². The second-order valence-corrected chi connectivity index (χ2v) is 10.5. The zero-order valence-corrected chi connectivity index (χ0v) is 25.6. The fraction of sp³-hybridized carbons (Fsp3) is 0.576. The number of ether oxygens (including phenoxy) is 2. The second-order valence-electron chi connectivity index (χ2n) is 10.5. The molecule has 0 fully saturated rings. The lowest BCUT2D eigenvalue weighted by Gasteiger charge is -2.22. The SMILES string of the molecule is C=C/C(C)=C\C(=C(\OC)C(C)CC)C(C)CCC[C@H](C)CCC(=C)/C(F)=C\n1ncc(C(=O)OCC)c1CC. The highest BCUT2D eigenvalue weighted by atomic mass is 19.1. The molecular formula is C33H51FN2O3. The maximum atomic E-state index is 14.9. The Bertz CT molecular complexity index is 1050. The minimum atomic E-state index is -0.441. The molecule has 0 saturated heterocycles. The van der Waals surface area contributed by atoms with Gasteiger partial charge in [0.1, 0.15) is 17.1 Å². The smallest absolute Gasteiger partial charge is 0.341 e. The first-order valence-corrected chi connectivity index (χ1v) is 14.4. The number of hydrogen-bond donors (Lipinski definition) is 0. The van der Waals surface area contributed by atoms with Crippen molar-refractivity contribution >= 4 is 12.2 Å². The molecule has 0 radical (unpaired) electrons. The molecule has 1 rings (SSSR count). The Morgan fingerprint density at radius 2 is 1.85 bits per heavy atom. The third-order valence-corrected chi connectivity index (χ3v) is 7.38. The molecule has 39 heavy (non-hydrogen) atoms. The molecule has 0 aliphatic heterocycles. The summed E-state index contributed by atoms with van der Waals surface area (Å²) in [5, 5.41) is 4.17. The lowest BCUT2D eigenvalue weighted by molar-refractivity contribution is 0.0525. The van der Waals surface area contributed by atoms with Gasteiger partial charge < -0.3 is 9.47 Å². The quantitative estimate of drug-likeness (QED) is 0.105. The zero-order valence-electron chi connectivity index (χ0n) is 25.6. The van der Waals surface area contributed by atoms with Gasteiger partial charge in [-0.05, 0) is 68.9 Å². The minimum Gasteiger partial charge on any atom is -0.501 e. The van der Waals surface area contributed by atoms with Crippen molar-refractivity contribution in [3.63, 3.8) is 0 Å². The van der Waals surface area contributed by atoms with E-state index < -0.39 is 11.8 Å². The molecule has 6 heteroatoms. The third kappa shape index (κ3) is 10.7. The summed E-state index contributed by atoms with van der Waals surface area (Å²) in [7, 11) is 1.77. The molecule has 1 aromatic heterocycles. The van der Waals surface area contributed by atoms with Gasteiger partial charge >= 0.3 is 5.97 Å². The Morgan fingerprint density at radius 1 is 1.15 bits per heavy atom. The van der Waals surface area contributed by atoms with E-state index in [-0.39, 0.29) is 6.61 Å². The summed E-state index contributed by atoms with van der Waals surface area (Å²) >= 11 is 0. The van der Waals surface area contributed by atoms with Crippen molar-refractivity contribution in [1.29, 1.82) is 0 Å². The molecule has 0 aromatic carbocycles. The molecule has 0 aliphatic rings. The average Bonchev–Trinajstić information content (AvgIpc) is 3.33. The monoisotopic (exact) mass is 542 g/mol. The van der Waals surface area contributed by atoms with Gasteiger partial charge in [0.2, 0.25) is 0 Å². The summed E-state index contributed by atoms with van der Waals surface area (Å²) in [6, 6.07) is 0. The first-order chi connectivity index (χ1) is 18.5. The summed E-state index contributed by atoms with van der Waals surface area (Å²) in [5.41, 5.74) is 3.82. The van der Waals surface area contributed by atoms with Crippen molar-refractivity contribution in [3.05, 3.63) is 71.1 Å². The Labute approximate surface area is 236 Å². The van der Waals surface area contributed by atoms with Gasteiger partial charge in [-0.1, -0.05) is 78.3 Å². The van der Waals surface area contributed by atoms with Gasteiger partial charge in [-0.25, -0.2) is 13.9 Å². The van der Waals surface area contributed by atoms with Crippen molar-refractivity contribution in [3.8, 4) is 0 Å². The number of methoxy groups -OCH3 is 1. The molecule has 5 nitrogen and oxygen atoms in total. The van der Waals surface area contributed by atoms with Crippen LogP contribution in [0.4, 0.5) is 4.39 Å². The molecular weight excluding hydrogens is 491 g/mol. The topological polar surface area (TPSA) is 53.4 Å². The van der Waals surface area contributed by atoms with Crippen LogP contribution in [0.2, 0.25) is 0 Å². The summed E-state index contributed by atoms with van der Waals surface area (Å²) in [5.74, 6) is 1.39. The van der Waals surface area contributed by atoms with Crippen LogP contribution < -0.4 is 0 Å². The molecule has 1 aromatic rings. The highest BCUT2D eigenvalue weighted by Crippen LogP contribution is 2.30. The van der Waals surface area contributed by atoms with Crippen LogP contribution in [0.5, 0.6) is 0 Å². The first kappa shape index (κ1) is 34.1. The lowest BCUT2D eigenvalue weighted by Crippen LogP contribution is -2.10. The molecule has 0 saturated carbocycles. The summed E-state index contributed by atoms with van der Waals surface area (Å²) in [6.07, 6.45) is 13.0. The maximum absolute atomic E-state index is 14.9. The van der Waals surface area contributed by atoms with Crippen LogP contribution in [-0.4, -0.2) is 29.5 Å². The van der Waals surface area contributed by atoms with Crippen molar-refractivity contribution in [2.75, 3.05) is 13.7 Å². The minimum absolute atomic E-state index is 0.279. The van der Waals surface area contributed by atoms with Gasteiger partial charge in [0, 0.05) is 5.92 Å². The van der Waals surface area contributed by atoms with E-state index in [0.717, 1.165) is 43.4 Å². The Balaban J connectivity index is 2.75. The number of aromatic nitrogens is 2. The number of esters is 1. The highest BCUT2D eigenvalue weighted by Gasteiger charge is 2.19. The molecule has 2 unspecified atom stereocenters. The van der Waals surface area contributed by atoms with E-state index in [1.807, 2.05) is 13.0 Å². The zero-order chi connectivity index (χ0) is 29.5. The van der Waals surface area contributed by atoms with Crippen LogP contribution in [0.3, 0.4) is 0 Å². The van der Waals surface area contributed by atoms with Crippen LogP contribution >= 0.6 is 0 Å². The van der Waals surface area contributed by atoms with E-state index in [4.69, 9.17) is 9.47 Å². The van der Waals surface area contributed by atoms with E-state index >= 15 is 0 Å². The number of rotatable bonds is 18. The van der Waals surface area contributed by atoms with Gasteiger partial charge in [0.05, 0.1) is 31.8 Å². The van der Waals surface area contributed by atoms with Crippen molar-refractivity contribution in [2.45, 2.75) is 93.4 Å². The summed E-state index contributed by atoms with van der Waals surface area (Å²) < 4.78 is 27.3. The Kier molecular flexibility index (Phi) is 15.4. The Hall–Kier alpha value is -2.89. The lowest BCUT2D eigenvalue weighted by atomic mass is 9.87. The predicted molar refractivity (Wildman–Crippen MR) is 161 cm³/mol. The number of carbonyl (C=O) groups excluding carboxylic acids is 1. The summed E-state index contributed by atoms with van der Waals surface area (Å²) in [4.78, 5) is 12.1. The predicted octanol–water partition coefficient (Wildman–Crippen LogP) is 9.25. The number of halogens is 1.